The van der Waals surface area contributed by atoms with E-state index in [1.807, 2.05) is 0 Å². The van der Waals surface area contributed by atoms with Crippen LogP contribution in [0, 0.1) is 0 Å². The monoisotopic (exact) mass is 381 g/mol. The Morgan fingerprint density at radius 1 is 1.04 bits per heavy atom. The van der Waals surface area contributed by atoms with E-state index in [1.54, 1.807) is 34.1 Å². The summed E-state index contributed by atoms with van der Waals surface area (Å²) in [6.07, 6.45) is 3.01. The van der Waals surface area contributed by atoms with E-state index < -0.39 is 0 Å². The first kappa shape index (κ1) is 20.5. The number of nitrogens with one attached hydrogen (secondary N) is 1. The Morgan fingerprint density at radius 3 is 2.31 bits per heavy atom. The third-order valence-electron chi connectivity index (χ3n) is 4.33. The predicted octanol–water partition coefficient (Wildman–Crippen LogP) is 3.01. The molecule has 0 aliphatic carbocycles. The fourth-order valence-electron chi connectivity index (χ4n) is 2.72. The molecule has 0 unspecified atom stereocenters. The lowest BCUT2D eigenvalue weighted by molar-refractivity contribution is 0.0664. The number of urea groups is 1. The quantitative estimate of drug-likeness (QED) is 0.704. The minimum atomic E-state index is -0.0721. The lowest BCUT2D eigenvalue weighted by Crippen LogP contribution is -2.53. The summed E-state index contributed by atoms with van der Waals surface area (Å²) in [7, 11) is 0. The van der Waals surface area contributed by atoms with Crippen molar-refractivity contribution >= 4 is 23.5 Å². The summed E-state index contributed by atoms with van der Waals surface area (Å²) in [5, 5.41) is 3.52. The maximum absolute atomic E-state index is 12.5. The van der Waals surface area contributed by atoms with Gasteiger partial charge in [-0.3, -0.25) is 4.79 Å². The molecule has 0 radical (unpaired) electrons. The van der Waals surface area contributed by atoms with Crippen molar-refractivity contribution in [2.45, 2.75) is 26.2 Å². The number of hydrogen-bond acceptors (Lipinski definition) is 3. The number of benzene rings is 1. The van der Waals surface area contributed by atoms with E-state index in [4.69, 9.17) is 16.3 Å². The summed E-state index contributed by atoms with van der Waals surface area (Å²) in [6, 6.07) is 6.81. The smallest absolute Gasteiger partial charge is 0.317 e. The lowest BCUT2D eigenvalue weighted by atomic mass is 10.2. The number of nitrogens with zero attached hydrogens (tertiary/aromatic N) is 2. The molecule has 6 nitrogen and oxygen atoms in total. The van der Waals surface area contributed by atoms with Crippen LogP contribution in [0.2, 0.25) is 5.02 Å². The summed E-state index contributed by atoms with van der Waals surface area (Å²) in [5.74, 6) is -0.0223. The highest BCUT2D eigenvalue weighted by molar-refractivity contribution is 6.30. The van der Waals surface area contributed by atoms with Crippen LogP contribution in [0.15, 0.2) is 24.3 Å². The van der Waals surface area contributed by atoms with E-state index in [0.717, 1.165) is 25.9 Å². The van der Waals surface area contributed by atoms with E-state index in [-0.39, 0.29) is 11.9 Å². The molecule has 1 aliphatic heterocycles. The van der Waals surface area contributed by atoms with E-state index in [2.05, 4.69) is 12.2 Å². The molecule has 7 heteroatoms. The second kappa shape index (κ2) is 11.0. The average Bonchev–Trinajstić information content (AvgIpc) is 2.67. The van der Waals surface area contributed by atoms with Crippen LogP contribution in [0.4, 0.5) is 4.79 Å². The fraction of sp³-hybridized carbons (Fsp3) is 0.579. The molecule has 144 valence electrons. The van der Waals surface area contributed by atoms with Crippen molar-refractivity contribution in [3.63, 3.8) is 0 Å². The number of ether oxygens (including phenoxy) is 1. The summed E-state index contributed by atoms with van der Waals surface area (Å²) < 4.78 is 5.47. The Bertz CT molecular complexity index is 572. The van der Waals surface area contributed by atoms with E-state index >= 15 is 0 Å². The number of piperazine rings is 1. The average molecular weight is 382 g/mol. The van der Waals surface area contributed by atoms with Crippen LogP contribution in [0.3, 0.4) is 0 Å². The number of halogens is 1. The molecule has 1 N–H and O–H groups in total. The van der Waals surface area contributed by atoms with Crippen LogP contribution >= 0.6 is 11.6 Å². The lowest BCUT2D eigenvalue weighted by Gasteiger charge is -2.34. The van der Waals surface area contributed by atoms with Gasteiger partial charge in [-0.05, 0) is 37.1 Å². The SMILES string of the molecule is CCCCOCCCNC(=O)N1CCN(C(=O)c2ccc(Cl)cc2)CC1. The van der Waals surface area contributed by atoms with Crippen LogP contribution in [0.25, 0.3) is 0 Å². The van der Waals surface area contributed by atoms with Gasteiger partial charge in [0.15, 0.2) is 0 Å². The molecule has 1 heterocycles. The van der Waals surface area contributed by atoms with Gasteiger partial charge < -0.3 is 19.9 Å². The number of hydrogen-bond donors (Lipinski definition) is 1. The van der Waals surface area contributed by atoms with Gasteiger partial charge in [0.1, 0.15) is 0 Å². The number of amides is 3. The Balaban J connectivity index is 1.65. The summed E-state index contributed by atoms with van der Waals surface area (Å²) in [4.78, 5) is 28.2. The highest BCUT2D eigenvalue weighted by Gasteiger charge is 2.24. The van der Waals surface area contributed by atoms with E-state index in [1.165, 1.54) is 0 Å². The Kier molecular flexibility index (Phi) is 8.71. The second-order valence-corrected chi connectivity index (χ2v) is 6.77. The first-order chi connectivity index (χ1) is 12.6. The normalized spacial score (nSPS) is 14.4. The molecular weight excluding hydrogens is 354 g/mol. The fourth-order valence-corrected chi connectivity index (χ4v) is 2.84. The number of carbonyl (C=O) groups excluding carboxylic acids is 2. The predicted molar refractivity (Wildman–Crippen MR) is 103 cm³/mol. The topological polar surface area (TPSA) is 61.9 Å². The molecule has 1 fully saturated rings. The van der Waals surface area contributed by atoms with E-state index in [0.29, 0.717) is 49.9 Å². The third-order valence-corrected chi connectivity index (χ3v) is 4.58. The van der Waals surface area contributed by atoms with Crippen LogP contribution in [-0.4, -0.2) is 67.7 Å². The molecular formula is C19H28ClN3O3. The molecule has 2 rings (SSSR count). The Hall–Kier alpha value is -1.79. The zero-order valence-electron chi connectivity index (χ0n) is 15.4. The molecule has 1 aromatic carbocycles. The minimum Gasteiger partial charge on any atom is -0.381 e. The molecule has 1 saturated heterocycles. The number of carbonyl (C=O) groups is 2. The standard InChI is InChI=1S/C19H28ClN3O3/c1-2-3-14-26-15-4-9-21-19(25)23-12-10-22(11-13-23)18(24)16-5-7-17(20)8-6-16/h5-8H,2-4,9-15H2,1H3,(H,21,25). The highest BCUT2D eigenvalue weighted by atomic mass is 35.5. The summed E-state index contributed by atoms with van der Waals surface area (Å²) in [6.45, 7) is 6.35. The van der Waals surface area contributed by atoms with Gasteiger partial charge >= 0.3 is 6.03 Å². The molecule has 0 aromatic heterocycles. The van der Waals surface area contributed by atoms with Gasteiger partial charge in [-0.25, -0.2) is 4.79 Å². The number of rotatable bonds is 8. The molecule has 0 bridgehead atoms. The first-order valence-corrected chi connectivity index (χ1v) is 9.65. The van der Waals surface area contributed by atoms with Crippen molar-refractivity contribution in [1.29, 1.82) is 0 Å². The van der Waals surface area contributed by atoms with Gasteiger partial charge in [-0.1, -0.05) is 24.9 Å². The largest absolute Gasteiger partial charge is 0.381 e. The molecule has 3 amide bonds. The van der Waals surface area contributed by atoms with Gasteiger partial charge in [-0.2, -0.15) is 0 Å². The molecule has 26 heavy (non-hydrogen) atoms. The van der Waals surface area contributed by atoms with Crippen molar-refractivity contribution in [1.82, 2.24) is 15.1 Å². The van der Waals surface area contributed by atoms with Crippen LogP contribution in [0.5, 0.6) is 0 Å². The van der Waals surface area contributed by atoms with Gasteiger partial charge in [0.2, 0.25) is 0 Å². The zero-order chi connectivity index (χ0) is 18.8. The molecule has 0 spiro atoms. The van der Waals surface area contributed by atoms with Crippen molar-refractivity contribution in [2.24, 2.45) is 0 Å². The zero-order valence-corrected chi connectivity index (χ0v) is 16.1. The van der Waals surface area contributed by atoms with Crippen molar-refractivity contribution < 1.29 is 14.3 Å². The van der Waals surface area contributed by atoms with Gasteiger partial charge in [0.25, 0.3) is 5.91 Å². The third kappa shape index (κ3) is 6.50. The Morgan fingerprint density at radius 2 is 1.65 bits per heavy atom. The van der Waals surface area contributed by atoms with Gasteiger partial charge in [0, 0.05) is 56.5 Å². The number of unbranched alkanes of at least 4 members (excludes halogenated alkanes) is 1. The van der Waals surface area contributed by atoms with Crippen molar-refractivity contribution in [3.05, 3.63) is 34.9 Å². The summed E-state index contributed by atoms with van der Waals surface area (Å²) >= 11 is 5.86. The maximum atomic E-state index is 12.5. The molecule has 1 aromatic rings. The molecule has 0 atom stereocenters. The Labute approximate surface area is 160 Å². The molecule has 1 aliphatic rings. The highest BCUT2D eigenvalue weighted by Crippen LogP contribution is 2.13. The van der Waals surface area contributed by atoms with Gasteiger partial charge in [0.05, 0.1) is 0 Å². The van der Waals surface area contributed by atoms with Crippen LogP contribution < -0.4 is 5.32 Å². The first-order valence-electron chi connectivity index (χ1n) is 9.27. The summed E-state index contributed by atoms with van der Waals surface area (Å²) in [5.41, 5.74) is 0.621. The maximum Gasteiger partial charge on any atom is 0.317 e. The van der Waals surface area contributed by atoms with Crippen molar-refractivity contribution in [2.75, 3.05) is 45.9 Å². The van der Waals surface area contributed by atoms with Crippen LogP contribution in [-0.2, 0) is 4.74 Å². The minimum absolute atomic E-state index is 0.0223. The second-order valence-electron chi connectivity index (χ2n) is 6.34. The van der Waals surface area contributed by atoms with Crippen LogP contribution in [0.1, 0.15) is 36.5 Å². The van der Waals surface area contributed by atoms with Gasteiger partial charge in [-0.15, -0.1) is 0 Å². The van der Waals surface area contributed by atoms with E-state index in [9.17, 15) is 9.59 Å². The molecule has 0 saturated carbocycles. The van der Waals surface area contributed by atoms with Crippen molar-refractivity contribution in [3.8, 4) is 0 Å².